The van der Waals surface area contributed by atoms with Gasteiger partial charge in [0.25, 0.3) is 5.91 Å². The first-order chi connectivity index (χ1) is 17.3. The second-order valence-corrected chi connectivity index (χ2v) is 9.84. The fourth-order valence-corrected chi connectivity index (χ4v) is 5.05. The largest absolute Gasteiger partial charge is 0.497 e. The van der Waals surface area contributed by atoms with Crippen molar-refractivity contribution < 1.29 is 17.9 Å². The molecule has 0 saturated carbocycles. The highest BCUT2D eigenvalue weighted by Gasteiger charge is 2.19. The number of carbonyl (C=O) groups excluding carboxylic acids is 1. The van der Waals surface area contributed by atoms with Crippen molar-refractivity contribution in [3.05, 3.63) is 84.6 Å². The molecule has 2 heterocycles. The van der Waals surface area contributed by atoms with Gasteiger partial charge in [-0.2, -0.15) is 0 Å². The van der Waals surface area contributed by atoms with Gasteiger partial charge < -0.3 is 14.6 Å². The third-order valence-electron chi connectivity index (χ3n) is 6.08. The zero-order chi connectivity index (χ0) is 25.4. The summed E-state index contributed by atoms with van der Waals surface area (Å²) in [6.07, 6.45) is 1.51. The van der Waals surface area contributed by atoms with Crippen LogP contribution in [0.3, 0.4) is 0 Å². The average molecular weight is 501 g/mol. The minimum Gasteiger partial charge on any atom is -0.497 e. The lowest BCUT2D eigenvalue weighted by molar-refractivity contribution is 0.102. The molecule has 0 spiro atoms. The Balaban J connectivity index is 1.61. The number of pyridine rings is 1. The SMILES string of the molecule is CCn1cc(S(N)(=O)=O)c2cc(NC(=O)c3cc(-c4ccccc4)nc4ccc(OC)cc34)ccc21. The van der Waals surface area contributed by atoms with Gasteiger partial charge in [-0.1, -0.05) is 30.3 Å². The number of hydrogen-bond donors (Lipinski definition) is 2. The van der Waals surface area contributed by atoms with Gasteiger partial charge in [0.2, 0.25) is 10.0 Å². The number of fused-ring (bicyclic) bond motifs is 2. The van der Waals surface area contributed by atoms with Crippen LogP contribution < -0.4 is 15.2 Å². The highest BCUT2D eigenvalue weighted by atomic mass is 32.2. The predicted octanol–water partition coefficient (Wildman–Crippen LogP) is 4.78. The van der Waals surface area contributed by atoms with E-state index in [-0.39, 0.29) is 10.8 Å². The number of amides is 1. The molecule has 0 aliphatic rings. The monoisotopic (exact) mass is 500 g/mol. The molecule has 0 radical (unpaired) electrons. The van der Waals surface area contributed by atoms with E-state index in [1.807, 2.05) is 43.3 Å². The van der Waals surface area contributed by atoms with Crippen LogP contribution >= 0.6 is 0 Å². The molecular weight excluding hydrogens is 476 g/mol. The lowest BCUT2D eigenvalue weighted by Gasteiger charge is -2.12. The fraction of sp³-hybridized carbons (Fsp3) is 0.111. The normalized spacial score (nSPS) is 11.6. The van der Waals surface area contributed by atoms with Crippen LogP contribution in [0.1, 0.15) is 17.3 Å². The van der Waals surface area contributed by atoms with Gasteiger partial charge in [-0.25, -0.2) is 18.5 Å². The molecule has 0 unspecified atom stereocenters. The van der Waals surface area contributed by atoms with Crippen LogP contribution in [0.2, 0.25) is 0 Å². The topological polar surface area (TPSA) is 116 Å². The molecule has 3 N–H and O–H groups in total. The summed E-state index contributed by atoms with van der Waals surface area (Å²) in [5.74, 6) is 0.241. The summed E-state index contributed by atoms with van der Waals surface area (Å²) >= 11 is 0. The minimum atomic E-state index is -3.94. The summed E-state index contributed by atoms with van der Waals surface area (Å²) in [4.78, 5) is 18.3. The van der Waals surface area contributed by atoms with Crippen LogP contribution in [0.15, 0.2) is 83.9 Å². The van der Waals surface area contributed by atoms with E-state index >= 15 is 0 Å². The molecule has 0 saturated heterocycles. The third-order valence-corrected chi connectivity index (χ3v) is 7.02. The van der Waals surface area contributed by atoms with E-state index in [9.17, 15) is 13.2 Å². The van der Waals surface area contributed by atoms with E-state index < -0.39 is 10.0 Å². The van der Waals surface area contributed by atoms with Gasteiger partial charge in [0.05, 0.1) is 23.9 Å². The summed E-state index contributed by atoms with van der Waals surface area (Å²) in [6.45, 7) is 2.49. The molecule has 0 aliphatic heterocycles. The molecule has 2 aromatic heterocycles. The molecule has 0 atom stereocenters. The van der Waals surface area contributed by atoms with Crippen molar-refractivity contribution in [2.45, 2.75) is 18.4 Å². The first kappa shape index (κ1) is 23.5. The molecule has 0 bridgehead atoms. The van der Waals surface area contributed by atoms with Gasteiger partial charge in [-0.15, -0.1) is 0 Å². The number of sulfonamides is 1. The van der Waals surface area contributed by atoms with Crippen LogP contribution in [-0.2, 0) is 16.6 Å². The minimum absolute atomic E-state index is 0.0147. The third kappa shape index (κ3) is 4.30. The van der Waals surface area contributed by atoms with E-state index in [2.05, 4.69) is 5.32 Å². The maximum atomic E-state index is 13.6. The molecule has 0 aliphatic carbocycles. The Morgan fingerprint density at radius 3 is 2.50 bits per heavy atom. The van der Waals surface area contributed by atoms with Crippen LogP contribution in [0.4, 0.5) is 5.69 Å². The number of carbonyl (C=O) groups is 1. The Morgan fingerprint density at radius 2 is 1.81 bits per heavy atom. The average Bonchev–Trinajstić information content (AvgIpc) is 3.26. The van der Waals surface area contributed by atoms with Gasteiger partial charge in [0.1, 0.15) is 10.6 Å². The molecule has 5 aromatic rings. The Labute approximate surface area is 208 Å². The molecule has 3 aromatic carbocycles. The number of anilines is 1. The molecule has 5 rings (SSSR count). The second kappa shape index (κ2) is 9.10. The number of nitrogens with zero attached hydrogens (tertiary/aromatic N) is 2. The number of benzene rings is 3. The molecule has 9 heteroatoms. The zero-order valence-corrected chi connectivity index (χ0v) is 20.5. The van der Waals surface area contributed by atoms with Gasteiger partial charge in [-0.3, -0.25) is 4.79 Å². The van der Waals surface area contributed by atoms with Crippen molar-refractivity contribution in [2.75, 3.05) is 12.4 Å². The number of methoxy groups -OCH3 is 1. The van der Waals surface area contributed by atoms with Gasteiger partial charge >= 0.3 is 0 Å². The maximum Gasteiger partial charge on any atom is 0.256 e. The second-order valence-electron chi connectivity index (χ2n) is 8.31. The molecular formula is C27H24N4O4S. The lowest BCUT2D eigenvalue weighted by Crippen LogP contribution is -2.13. The Morgan fingerprint density at radius 1 is 1.03 bits per heavy atom. The highest BCUT2D eigenvalue weighted by Crippen LogP contribution is 2.30. The Hall–Kier alpha value is -4.21. The van der Waals surface area contributed by atoms with Crippen molar-refractivity contribution in [3.8, 4) is 17.0 Å². The van der Waals surface area contributed by atoms with Crippen LogP contribution in [-0.4, -0.2) is 31.0 Å². The van der Waals surface area contributed by atoms with Crippen molar-refractivity contribution in [1.29, 1.82) is 0 Å². The van der Waals surface area contributed by atoms with Gasteiger partial charge in [0.15, 0.2) is 0 Å². The quantitative estimate of drug-likeness (QED) is 0.348. The molecule has 1 amide bonds. The van der Waals surface area contributed by atoms with E-state index in [0.29, 0.717) is 51.0 Å². The van der Waals surface area contributed by atoms with Crippen LogP contribution in [0, 0.1) is 0 Å². The smallest absolute Gasteiger partial charge is 0.256 e. The first-order valence-electron chi connectivity index (χ1n) is 11.3. The predicted molar refractivity (Wildman–Crippen MR) is 141 cm³/mol. The maximum absolute atomic E-state index is 13.6. The van der Waals surface area contributed by atoms with Crippen LogP contribution in [0.5, 0.6) is 5.75 Å². The Kier molecular flexibility index (Phi) is 5.95. The standard InChI is InChI=1S/C27H24N4O4S/c1-3-31-16-26(36(28,33)34)22-13-18(9-12-25(22)31)29-27(32)21-15-24(17-7-5-4-6-8-17)30-23-11-10-19(35-2)14-20(21)23/h4-16H,3H2,1-2H3,(H,29,32)(H2,28,33,34). The van der Waals surface area contributed by atoms with Gasteiger partial charge in [-0.05, 0) is 49.4 Å². The molecule has 0 fully saturated rings. The van der Waals surface area contributed by atoms with Crippen molar-refractivity contribution >= 4 is 43.4 Å². The fourth-order valence-electron chi connectivity index (χ4n) is 4.31. The van der Waals surface area contributed by atoms with Crippen LogP contribution in [0.25, 0.3) is 33.1 Å². The number of nitrogens with two attached hydrogens (primary N) is 1. The van der Waals surface area contributed by atoms with Crippen molar-refractivity contribution in [3.63, 3.8) is 0 Å². The lowest BCUT2D eigenvalue weighted by atomic mass is 10.0. The molecule has 36 heavy (non-hydrogen) atoms. The number of aromatic nitrogens is 2. The summed E-state index contributed by atoms with van der Waals surface area (Å²) in [6, 6.07) is 21.9. The first-order valence-corrected chi connectivity index (χ1v) is 12.8. The van der Waals surface area contributed by atoms with Crippen molar-refractivity contribution in [2.24, 2.45) is 5.14 Å². The highest BCUT2D eigenvalue weighted by molar-refractivity contribution is 7.89. The summed E-state index contributed by atoms with van der Waals surface area (Å²) in [7, 11) is -2.38. The van der Waals surface area contributed by atoms with E-state index in [1.165, 1.54) is 6.20 Å². The Bertz CT molecular complexity index is 1730. The van der Waals surface area contributed by atoms with E-state index in [4.69, 9.17) is 14.9 Å². The number of aryl methyl sites for hydroxylation is 1. The van der Waals surface area contributed by atoms with Crippen molar-refractivity contribution in [1.82, 2.24) is 9.55 Å². The molecule has 182 valence electrons. The summed E-state index contributed by atoms with van der Waals surface area (Å²) in [5.41, 5.74) is 3.75. The number of nitrogens with one attached hydrogen (secondary N) is 1. The zero-order valence-electron chi connectivity index (χ0n) is 19.7. The van der Waals surface area contributed by atoms with E-state index in [0.717, 1.165) is 5.56 Å². The van der Waals surface area contributed by atoms with E-state index in [1.54, 1.807) is 48.1 Å². The number of ether oxygens (including phenoxy) is 1. The number of primary sulfonamides is 1. The number of rotatable bonds is 6. The molecule has 8 nitrogen and oxygen atoms in total. The summed E-state index contributed by atoms with van der Waals surface area (Å²) in [5, 5.41) is 9.44. The van der Waals surface area contributed by atoms with Gasteiger partial charge in [0, 0.05) is 40.3 Å². The summed E-state index contributed by atoms with van der Waals surface area (Å²) < 4.78 is 31.5. The number of hydrogen-bond acceptors (Lipinski definition) is 5.